The maximum Gasteiger partial charge on any atom is 0.197 e. The third-order valence-corrected chi connectivity index (χ3v) is 2.78. The number of aromatic hydroxyl groups is 1. The van der Waals surface area contributed by atoms with Gasteiger partial charge in [-0.3, -0.25) is 0 Å². The quantitative estimate of drug-likeness (QED) is 0.746. The Morgan fingerprint density at radius 3 is 2.12 bits per heavy atom. The van der Waals surface area contributed by atoms with Crippen LogP contribution >= 0.6 is 0 Å². The molecule has 1 N–H and O–H groups in total. The number of benzene rings is 2. The van der Waals surface area contributed by atoms with E-state index in [9.17, 15) is 5.11 Å². The fourth-order valence-corrected chi connectivity index (χ4v) is 1.82. The molecule has 0 spiro atoms. The summed E-state index contributed by atoms with van der Waals surface area (Å²) >= 11 is 0. The number of phenols is 1. The molecule has 1 nitrogen and oxygen atoms in total. The van der Waals surface area contributed by atoms with Crippen molar-refractivity contribution in [3.8, 4) is 5.75 Å². The summed E-state index contributed by atoms with van der Waals surface area (Å²) in [5.41, 5.74) is 4.50. The van der Waals surface area contributed by atoms with Crippen molar-refractivity contribution in [1.82, 2.24) is 0 Å². The van der Waals surface area contributed by atoms with Gasteiger partial charge in [-0.2, -0.15) is 0 Å². The van der Waals surface area contributed by atoms with E-state index in [-0.39, 0.29) is 0 Å². The van der Waals surface area contributed by atoms with Crippen molar-refractivity contribution in [3.05, 3.63) is 53.6 Å². The molecule has 0 fully saturated rings. The van der Waals surface area contributed by atoms with Gasteiger partial charge in [0.15, 0.2) is 7.28 Å². The van der Waals surface area contributed by atoms with Crippen LogP contribution in [0.15, 0.2) is 42.5 Å². The molecule has 16 heavy (non-hydrogen) atoms. The van der Waals surface area contributed by atoms with Crippen LogP contribution in [0.5, 0.6) is 5.75 Å². The van der Waals surface area contributed by atoms with Crippen LogP contribution in [0.2, 0.25) is 0 Å². The lowest BCUT2D eigenvalue weighted by atomic mass is 9.61. The van der Waals surface area contributed by atoms with Gasteiger partial charge in [0.25, 0.3) is 0 Å². The molecule has 0 aliphatic heterocycles. The molecule has 0 saturated carbocycles. The summed E-state index contributed by atoms with van der Waals surface area (Å²) in [7, 11) is 2.03. The van der Waals surface area contributed by atoms with Gasteiger partial charge in [0.1, 0.15) is 5.75 Å². The van der Waals surface area contributed by atoms with E-state index in [1.54, 1.807) is 6.07 Å². The van der Waals surface area contributed by atoms with E-state index >= 15 is 0 Å². The van der Waals surface area contributed by atoms with E-state index in [1.807, 2.05) is 31.5 Å². The SMILES string of the molecule is Cc1cccc(C)c1[B]c1ccccc1O. The molecule has 79 valence electrons. The van der Waals surface area contributed by atoms with E-state index in [0.29, 0.717) is 5.75 Å². The third kappa shape index (κ3) is 2.11. The van der Waals surface area contributed by atoms with Gasteiger partial charge in [0, 0.05) is 0 Å². The molecule has 0 aliphatic rings. The third-order valence-electron chi connectivity index (χ3n) is 2.78. The zero-order chi connectivity index (χ0) is 11.5. The van der Waals surface area contributed by atoms with Gasteiger partial charge in [-0.05, 0) is 25.4 Å². The van der Waals surface area contributed by atoms with Crippen LogP contribution in [0, 0.1) is 13.8 Å². The summed E-state index contributed by atoms with van der Waals surface area (Å²) in [4.78, 5) is 0. The van der Waals surface area contributed by atoms with E-state index in [1.165, 1.54) is 16.6 Å². The van der Waals surface area contributed by atoms with Crippen molar-refractivity contribution < 1.29 is 5.11 Å². The number of para-hydroxylation sites is 1. The summed E-state index contributed by atoms with van der Waals surface area (Å²) in [6, 6.07) is 13.6. The van der Waals surface area contributed by atoms with E-state index in [2.05, 4.69) is 26.0 Å². The second-order valence-electron chi connectivity index (χ2n) is 4.01. The van der Waals surface area contributed by atoms with Crippen LogP contribution in [0.3, 0.4) is 0 Å². The van der Waals surface area contributed by atoms with Gasteiger partial charge in [0.2, 0.25) is 0 Å². The molecule has 0 unspecified atom stereocenters. The van der Waals surface area contributed by atoms with E-state index in [4.69, 9.17) is 0 Å². The minimum Gasteiger partial charge on any atom is -0.509 e. The molecule has 0 saturated heterocycles. The number of phenolic OH excluding ortho intramolecular Hbond substituents is 1. The number of hydrogen-bond donors (Lipinski definition) is 1. The van der Waals surface area contributed by atoms with Crippen LogP contribution in [0.1, 0.15) is 11.1 Å². The Balaban J connectivity index is 2.38. The normalized spacial score (nSPS) is 10.1. The summed E-state index contributed by atoms with van der Waals surface area (Å²) in [5.74, 6) is 0.324. The van der Waals surface area contributed by atoms with Crippen molar-refractivity contribution in [2.75, 3.05) is 0 Å². The average Bonchev–Trinajstić information content (AvgIpc) is 2.26. The molecule has 2 rings (SSSR count). The first-order valence-corrected chi connectivity index (χ1v) is 5.37. The summed E-state index contributed by atoms with van der Waals surface area (Å²) < 4.78 is 0. The second-order valence-corrected chi connectivity index (χ2v) is 4.01. The molecule has 1 radical (unpaired) electrons. The lowest BCUT2D eigenvalue weighted by Crippen LogP contribution is -2.31. The first-order valence-electron chi connectivity index (χ1n) is 5.37. The Morgan fingerprint density at radius 2 is 1.50 bits per heavy atom. The smallest absolute Gasteiger partial charge is 0.197 e. The zero-order valence-electron chi connectivity index (χ0n) is 9.57. The number of rotatable bonds is 2. The van der Waals surface area contributed by atoms with Gasteiger partial charge >= 0.3 is 0 Å². The summed E-state index contributed by atoms with van der Waals surface area (Å²) in [5, 5.41) is 9.72. The van der Waals surface area contributed by atoms with Crippen LogP contribution < -0.4 is 10.9 Å². The molecule has 0 aliphatic carbocycles. The molecule has 2 aromatic carbocycles. The first-order chi connectivity index (χ1) is 7.68. The van der Waals surface area contributed by atoms with Gasteiger partial charge in [-0.1, -0.05) is 53.0 Å². The predicted molar refractivity (Wildman–Crippen MR) is 69.0 cm³/mol. The highest BCUT2D eigenvalue weighted by molar-refractivity contribution is 6.69. The molecule has 2 heteroatoms. The molecule has 2 aromatic rings. The fraction of sp³-hybridized carbons (Fsp3) is 0.143. The molecular formula is C14H14BO. The maximum absolute atomic E-state index is 9.72. The summed E-state index contributed by atoms with van der Waals surface area (Å²) in [6.07, 6.45) is 0. The maximum atomic E-state index is 9.72. The van der Waals surface area contributed by atoms with Crippen molar-refractivity contribution >= 4 is 18.2 Å². The van der Waals surface area contributed by atoms with Gasteiger partial charge in [-0.15, -0.1) is 0 Å². The second kappa shape index (κ2) is 4.44. The monoisotopic (exact) mass is 209 g/mol. The van der Waals surface area contributed by atoms with E-state index < -0.39 is 0 Å². The Kier molecular flexibility index (Phi) is 3.00. The topological polar surface area (TPSA) is 20.2 Å². The van der Waals surface area contributed by atoms with Gasteiger partial charge in [0.05, 0.1) is 0 Å². The molecule has 0 heterocycles. The van der Waals surface area contributed by atoms with Gasteiger partial charge in [-0.25, -0.2) is 0 Å². The van der Waals surface area contributed by atoms with Crippen molar-refractivity contribution in [3.63, 3.8) is 0 Å². The predicted octanol–water partition coefficient (Wildman–Crippen LogP) is 1.66. The number of aryl methyl sites for hydroxylation is 2. The Labute approximate surface area is 97.0 Å². The van der Waals surface area contributed by atoms with Crippen LogP contribution in [-0.4, -0.2) is 12.4 Å². The lowest BCUT2D eigenvalue weighted by Gasteiger charge is -2.09. The zero-order valence-corrected chi connectivity index (χ0v) is 9.57. The molecule has 0 aromatic heterocycles. The number of hydrogen-bond acceptors (Lipinski definition) is 1. The Bertz CT molecular complexity index is 486. The highest BCUT2D eigenvalue weighted by Gasteiger charge is 2.07. The van der Waals surface area contributed by atoms with Crippen molar-refractivity contribution in [2.24, 2.45) is 0 Å². The van der Waals surface area contributed by atoms with Gasteiger partial charge < -0.3 is 5.11 Å². The van der Waals surface area contributed by atoms with Crippen molar-refractivity contribution in [2.45, 2.75) is 13.8 Å². The van der Waals surface area contributed by atoms with Crippen LogP contribution in [0.25, 0.3) is 0 Å². The largest absolute Gasteiger partial charge is 0.509 e. The highest BCUT2D eigenvalue weighted by atomic mass is 16.3. The molecule has 0 bridgehead atoms. The van der Waals surface area contributed by atoms with E-state index in [0.717, 1.165) is 5.46 Å². The first kappa shape index (κ1) is 10.8. The minimum atomic E-state index is 0.324. The Morgan fingerprint density at radius 1 is 0.875 bits per heavy atom. The fourth-order valence-electron chi connectivity index (χ4n) is 1.82. The Hall–Kier alpha value is -1.70. The molecule has 0 amide bonds. The van der Waals surface area contributed by atoms with Crippen molar-refractivity contribution in [1.29, 1.82) is 0 Å². The standard InChI is InChI=1S/C14H14BO/c1-10-6-5-7-11(2)14(10)15-12-8-3-4-9-13(12)16/h3-9,16H,1-2H3. The lowest BCUT2D eigenvalue weighted by molar-refractivity contribution is 0.479. The summed E-state index contributed by atoms with van der Waals surface area (Å²) in [6.45, 7) is 4.16. The molecule has 0 atom stereocenters. The van der Waals surface area contributed by atoms with Crippen LogP contribution in [0.4, 0.5) is 0 Å². The van der Waals surface area contributed by atoms with Crippen LogP contribution in [-0.2, 0) is 0 Å². The highest BCUT2D eigenvalue weighted by Crippen LogP contribution is 2.04. The minimum absolute atomic E-state index is 0.324. The molecular weight excluding hydrogens is 195 g/mol. The average molecular weight is 209 g/mol.